The van der Waals surface area contributed by atoms with Crippen LogP contribution in [-0.2, 0) is 26.2 Å². The fraction of sp³-hybridized carbons (Fsp3) is 0.250. The lowest BCUT2D eigenvalue weighted by Crippen LogP contribution is -2.38. The number of aromatic carboxylic acids is 1. The number of hydrogen-bond donors (Lipinski definition) is 4. The van der Waals surface area contributed by atoms with Crippen LogP contribution >= 0.6 is 0 Å². The summed E-state index contributed by atoms with van der Waals surface area (Å²) < 4.78 is 26.6. The number of benzene rings is 1. The number of nitrogens with two attached hydrogens (primary N) is 1. The number of primary sulfonamides is 1. The standard InChI is InChI=1S/C13H15NO4.C7H7NO4S/c15-12(14-8-9-4-3-7-18-9)10-5-1-2-6-11(10)13(16)17;8-13(11,12)6-3-1-5(2-4-6)7(9)10/h1-4,7,10-11H,5-6,8H2,(H,14,15)(H,16,17);1-4H,(H,9,10)(H2,8,11,12). The summed E-state index contributed by atoms with van der Waals surface area (Å²) in [6, 6.07) is 8.17. The molecular weight excluding hydrogens is 428 g/mol. The Bertz CT molecular complexity index is 1040. The largest absolute Gasteiger partial charge is 0.481 e. The van der Waals surface area contributed by atoms with E-state index in [0.717, 1.165) is 12.1 Å². The van der Waals surface area contributed by atoms with Crippen LogP contribution in [-0.4, -0.2) is 36.5 Å². The van der Waals surface area contributed by atoms with Crippen LogP contribution in [0.2, 0.25) is 0 Å². The van der Waals surface area contributed by atoms with Crippen molar-refractivity contribution < 1.29 is 37.4 Å². The first-order valence-corrected chi connectivity index (χ1v) is 10.7. The molecule has 0 radical (unpaired) electrons. The van der Waals surface area contributed by atoms with Gasteiger partial charge in [0.05, 0.1) is 35.1 Å². The average Bonchev–Trinajstić information content (AvgIpc) is 3.25. The first-order valence-electron chi connectivity index (χ1n) is 9.13. The summed E-state index contributed by atoms with van der Waals surface area (Å²) in [5, 5.41) is 25.1. The summed E-state index contributed by atoms with van der Waals surface area (Å²) in [7, 11) is -3.74. The fourth-order valence-electron chi connectivity index (χ4n) is 2.88. The van der Waals surface area contributed by atoms with Gasteiger partial charge in [0.15, 0.2) is 0 Å². The van der Waals surface area contributed by atoms with Gasteiger partial charge in [0, 0.05) is 0 Å². The van der Waals surface area contributed by atoms with Crippen LogP contribution in [0.15, 0.2) is 64.1 Å². The van der Waals surface area contributed by atoms with Gasteiger partial charge in [-0.1, -0.05) is 12.2 Å². The summed E-state index contributed by atoms with van der Waals surface area (Å²) in [5.74, 6) is -2.74. The molecule has 31 heavy (non-hydrogen) atoms. The van der Waals surface area contributed by atoms with E-state index in [1.54, 1.807) is 12.1 Å². The molecular formula is C20H22N2O8S. The number of nitrogens with one attached hydrogen (secondary N) is 1. The van der Waals surface area contributed by atoms with Gasteiger partial charge in [0.25, 0.3) is 0 Å². The summed E-state index contributed by atoms with van der Waals surface area (Å²) in [4.78, 5) is 33.3. The van der Waals surface area contributed by atoms with Crippen molar-refractivity contribution >= 4 is 27.9 Å². The van der Waals surface area contributed by atoms with Crippen LogP contribution in [0.25, 0.3) is 0 Å². The zero-order valence-electron chi connectivity index (χ0n) is 16.3. The molecule has 11 heteroatoms. The smallest absolute Gasteiger partial charge is 0.335 e. The van der Waals surface area contributed by atoms with Crippen molar-refractivity contribution in [1.29, 1.82) is 0 Å². The molecule has 2 atom stereocenters. The van der Waals surface area contributed by atoms with Gasteiger partial charge < -0.3 is 19.9 Å². The first-order chi connectivity index (χ1) is 14.6. The highest BCUT2D eigenvalue weighted by molar-refractivity contribution is 7.89. The predicted octanol–water partition coefficient (Wildman–Crippen LogP) is 1.59. The third-order valence-corrected chi connectivity index (χ3v) is 5.46. The third kappa shape index (κ3) is 7.08. The highest BCUT2D eigenvalue weighted by Gasteiger charge is 2.33. The molecule has 1 aliphatic rings. The van der Waals surface area contributed by atoms with Crippen LogP contribution in [0.1, 0.15) is 29.0 Å². The van der Waals surface area contributed by atoms with Gasteiger partial charge in [-0.3, -0.25) is 9.59 Å². The van der Waals surface area contributed by atoms with Gasteiger partial charge >= 0.3 is 11.9 Å². The maximum Gasteiger partial charge on any atom is 0.335 e. The maximum absolute atomic E-state index is 12.0. The third-order valence-electron chi connectivity index (χ3n) is 4.53. The molecule has 1 aromatic heterocycles. The van der Waals surface area contributed by atoms with E-state index in [1.165, 1.54) is 18.4 Å². The molecule has 0 spiro atoms. The van der Waals surface area contributed by atoms with E-state index in [9.17, 15) is 22.8 Å². The minimum absolute atomic E-state index is 0.0207. The number of sulfonamides is 1. The molecule has 0 aliphatic heterocycles. The summed E-state index contributed by atoms with van der Waals surface area (Å²) in [6.45, 7) is 0.290. The number of allylic oxidation sites excluding steroid dienone is 2. The molecule has 1 heterocycles. The normalized spacial score (nSPS) is 17.8. The van der Waals surface area contributed by atoms with Crippen LogP contribution in [0.3, 0.4) is 0 Å². The Kier molecular flexibility index (Phi) is 8.11. The second-order valence-corrected chi connectivity index (χ2v) is 8.23. The van der Waals surface area contributed by atoms with Gasteiger partial charge in [0.2, 0.25) is 15.9 Å². The number of carbonyl (C=O) groups excluding carboxylic acids is 1. The quantitative estimate of drug-likeness (QED) is 0.479. The van der Waals surface area contributed by atoms with Gasteiger partial charge in [-0.25, -0.2) is 18.4 Å². The second kappa shape index (κ2) is 10.5. The SMILES string of the molecule is NS(=O)(=O)c1ccc(C(=O)O)cc1.O=C(O)C1CC=CCC1C(=O)NCc1ccco1. The number of carboxylic acid groups (broad SMARTS) is 2. The minimum Gasteiger partial charge on any atom is -0.481 e. The van der Waals surface area contributed by atoms with Crippen molar-refractivity contribution in [3.05, 3.63) is 66.1 Å². The van der Waals surface area contributed by atoms with Gasteiger partial charge in [-0.2, -0.15) is 0 Å². The molecule has 2 aromatic rings. The monoisotopic (exact) mass is 450 g/mol. The average molecular weight is 450 g/mol. The van der Waals surface area contributed by atoms with E-state index < -0.39 is 33.8 Å². The van der Waals surface area contributed by atoms with Crippen molar-refractivity contribution in [2.75, 3.05) is 0 Å². The number of hydrogen-bond acceptors (Lipinski definition) is 6. The Morgan fingerprint density at radius 2 is 1.65 bits per heavy atom. The highest BCUT2D eigenvalue weighted by atomic mass is 32.2. The molecule has 5 N–H and O–H groups in total. The molecule has 0 bridgehead atoms. The van der Waals surface area contributed by atoms with Gasteiger partial charge in [-0.15, -0.1) is 0 Å². The summed E-state index contributed by atoms with van der Waals surface area (Å²) in [5.41, 5.74) is 0.0207. The predicted molar refractivity (Wildman–Crippen MR) is 108 cm³/mol. The molecule has 10 nitrogen and oxygen atoms in total. The Balaban J connectivity index is 0.000000233. The topological polar surface area (TPSA) is 177 Å². The number of rotatable bonds is 6. The molecule has 0 saturated carbocycles. The van der Waals surface area contributed by atoms with E-state index in [4.69, 9.17) is 19.8 Å². The summed E-state index contributed by atoms with van der Waals surface area (Å²) in [6.07, 6.45) is 6.09. The van der Waals surface area contributed by atoms with E-state index >= 15 is 0 Å². The molecule has 0 fully saturated rings. The zero-order chi connectivity index (χ0) is 23.0. The molecule has 0 saturated heterocycles. The molecule has 1 aliphatic carbocycles. The van der Waals surface area contributed by atoms with Crippen molar-refractivity contribution in [3.8, 4) is 0 Å². The van der Waals surface area contributed by atoms with E-state index in [2.05, 4.69) is 5.32 Å². The second-order valence-electron chi connectivity index (χ2n) is 6.67. The van der Waals surface area contributed by atoms with E-state index in [0.29, 0.717) is 25.1 Å². The van der Waals surface area contributed by atoms with Crippen molar-refractivity contribution in [3.63, 3.8) is 0 Å². The van der Waals surface area contributed by atoms with Gasteiger partial charge in [0.1, 0.15) is 5.76 Å². The molecule has 1 aromatic carbocycles. The molecule has 1 amide bonds. The van der Waals surface area contributed by atoms with Crippen molar-refractivity contribution in [1.82, 2.24) is 5.32 Å². The van der Waals surface area contributed by atoms with E-state index in [-0.39, 0.29) is 16.4 Å². The first kappa shape index (κ1) is 23.8. The minimum atomic E-state index is -3.74. The number of carboxylic acids is 2. The Morgan fingerprint density at radius 3 is 2.13 bits per heavy atom. The fourth-order valence-corrected chi connectivity index (χ4v) is 3.40. The number of carbonyl (C=O) groups is 3. The maximum atomic E-state index is 12.0. The lowest BCUT2D eigenvalue weighted by molar-refractivity contribution is -0.147. The number of aliphatic carboxylic acids is 1. The molecule has 166 valence electrons. The summed E-state index contributed by atoms with van der Waals surface area (Å²) >= 11 is 0. The lowest BCUT2D eigenvalue weighted by Gasteiger charge is -2.23. The number of amides is 1. The lowest BCUT2D eigenvalue weighted by atomic mass is 9.82. The zero-order valence-corrected chi connectivity index (χ0v) is 17.1. The highest BCUT2D eigenvalue weighted by Crippen LogP contribution is 2.26. The Morgan fingerprint density at radius 1 is 1.03 bits per heavy atom. The number of furan rings is 1. The van der Waals surface area contributed by atoms with Crippen LogP contribution in [0, 0.1) is 11.8 Å². The van der Waals surface area contributed by atoms with E-state index in [1.807, 2.05) is 12.2 Å². The Hall–Kier alpha value is -3.44. The van der Waals surface area contributed by atoms with Crippen LogP contribution in [0.4, 0.5) is 0 Å². The van der Waals surface area contributed by atoms with Crippen LogP contribution < -0.4 is 10.5 Å². The van der Waals surface area contributed by atoms with Crippen molar-refractivity contribution in [2.24, 2.45) is 17.0 Å². The van der Waals surface area contributed by atoms with Crippen molar-refractivity contribution in [2.45, 2.75) is 24.3 Å². The Labute approximate surface area is 178 Å². The molecule has 3 rings (SSSR count). The molecule has 2 unspecified atom stereocenters. The van der Waals surface area contributed by atoms with Crippen LogP contribution in [0.5, 0.6) is 0 Å². The van der Waals surface area contributed by atoms with Gasteiger partial charge in [-0.05, 0) is 49.2 Å².